The Balaban J connectivity index is 2.23. The Morgan fingerprint density at radius 2 is 2.40 bits per heavy atom. The van der Waals surface area contributed by atoms with Crippen LogP contribution in [0, 0.1) is 0 Å². The summed E-state index contributed by atoms with van der Waals surface area (Å²) in [6.07, 6.45) is 0.994. The molecule has 0 unspecified atom stereocenters. The third kappa shape index (κ3) is 4.40. The molecule has 0 saturated heterocycles. The van der Waals surface area contributed by atoms with Crippen LogP contribution in [0.25, 0.3) is 0 Å². The van der Waals surface area contributed by atoms with Crippen LogP contribution in [-0.2, 0) is 10.5 Å². The van der Waals surface area contributed by atoms with E-state index in [-0.39, 0.29) is 5.76 Å². The summed E-state index contributed by atoms with van der Waals surface area (Å²) in [7, 11) is 1.68. The number of furan rings is 1. The zero-order valence-electron chi connectivity index (χ0n) is 8.56. The zero-order chi connectivity index (χ0) is 11.1. The van der Waals surface area contributed by atoms with Crippen molar-refractivity contribution in [3.8, 4) is 0 Å². The first kappa shape index (κ1) is 12.1. The lowest BCUT2D eigenvalue weighted by atomic mass is 10.4. The third-order valence-electron chi connectivity index (χ3n) is 1.75. The third-order valence-corrected chi connectivity index (χ3v) is 2.82. The van der Waals surface area contributed by atoms with Gasteiger partial charge >= 0.3 is 5.97 Å². The fourth-order valence-electron chi connectivity index (χ4n) is 1.05. The Morgan fingerprint density at radius 1 is 1.60 bits per heavy atom. The van der Waals surface area contributed by atoms with Crippen LogP contribution < -0.4 is 0 Å². The van der Waals surface area contributed by atoms with E-state index in [2.05, 4.69) is 0 Å². The molecule has 0 aliphatic carbocycles. The monoisotopic (exact) mass is 230 g/mol. The van der Waals surface area contributed by atoms with Gasteiger partial charge in [0.1, 0.15) is 5.76 Å². The van der Waals surface area contributed by atoms with Crippen molar-refractivity contribution < 1.29 is 19.1 Å². The van der Waals surface area contributed by atoms with E-state index in [0.717, 1.165) is 18.8 Å². The predicted molar refractivity (Wildman–Crippen MR) is 58.3 cm³/mol. The molecule has 1 aromatic heterocycles. The Morgan fingerprint density at radius 3 is 3.00 bits per heavy atom. The maximum atomic E-state index is 10.5. The van der Waals surface area contributed by atoms with Gasteiger partial charge in [0, 0.05) is 13.7 Å². The average molecular weight is 230 g/mol. The van der Waals surface area contributed by atoms with Crippen LogP contribution in [0.3, 0.4) is 0 Å². The van der Waals surface area contributed by atoms with Gasteiger partial charge in [0.25, 0.3) is 0 Å². The van der Waals surface area contributed by atoms with Crippen molar-refractivity contribution in [2.45, 2.75) is 12.2 Å². The van der Waals surface area contributed by atoms with E-state index in [9.17, 15) is 4.79 Å². The molecule has 1 heterocycles. The molecule has 15 heavy (non-hydrogen) atoms. The minimum atomic E-state index is -1.02. The molecule has 0 aliphatic heterocycles. The van der Waals surface area contributed by atoms with Gasteiger partial charge in [-0.15, -0.1) is 0 Å². The van der Waals surface area contributed by atoms with Crippen molar-refractivity contribution in [1.82, 2.24) is 0 Å². The van der Waals surface area contributed by atoms with E-state index in [1.807, 2.05) is 0 Å². The number of aromatic carboxylic acids is 1. The second kappa shape index (κ2) is 6.53. The molecule has 0 spiro atoms. The lowest BCUT2D eigenvalue weighted by Crippen LogP contribution is -1.92. The summed E-state index contributed by atoms with van der Waals surface area (Å²) < 4.78 is 10.0. The quantitative estimate of drug-likeness (QED) is 0.728. The highest BCUT2D eigenvalue weighted by molar-refractivity contribution is 7.98. The Bertz CT molecular complexity index is 308. The maximum Gasteiger partial charge on any atom is 0.371 e. The summed E-state index contributed by atoms with van der Waals surface area (Å²) in [6, 6.07) is 3.18. The molecule has 4 nitrogen and oxygen atoms in total. The highest BCUT2D eigenvalue weighted by Crippen LogP contribution is 2.16. The molecule has 0 radical (unpaired) electrons. The number of methoxy groups -OCH3 is 1. The number of ether oxygens (including phenoxy) is 1. The van der Waals surface area contributed by atoms with Crippen LogP contribution in [0.15, 0.2) is 16.5 Å². The van der Waals surface area contributed by atoms with Crippen molar-refractivity contribution in [2.75, 3.05) is 19.5 Å². The van der Waals surface area contributed by atoms with E-state index in [1.165, 1.54) is 6.07 Å². The highest BCUT2D eigenvalue weighted by Gasteiger charge is 2.08. The van der Waals surface area contributed by atoms with Crippen LogP contribution in [0.2, 0.25) is 0 Å². The van der Waals surface area contributed by atoms with Gasteiger partial charge in [-0.1, -0.05) is 0 Å². The van der Waals surface area contributed by atoms with E-state index >= 15 is 0 Å². The van der Waals surface area contributed by atoms with Gasteiger partial charge in [-0.2, -0.15) is 11.8 Å². The number of rotatable bonds is 7. The van der Waals surface area contributed by atoms with Gasteiger partial charge in [0.2, 0.25) is 5.76 Å². The van der Waals surface area contributed by atoms with E-state index in [1.54, 1.807) is 24.9 Å². The number of carbonyl (C=O) groups is 1. The molecule has 0 aliphatic rings. The smallest absolute Gasteiger partial charge is 0.371 e. The van der Waals surface area contributed by atoms with Crippen LogP contribution >= 0.6 is 11.8 Å². The summed E-state index contributed by atoms with van der Waals surface area (Å²) in [5.41, 5.74) is 0. The molecular formula is C10H14O4S. The van der Waals surface area contributed by atoms with Crippen LogP contribution in [0.5, 0.6) is 0 Å². The van der Waals surface area contributed by atoms with Crippen molar-refractivity contribution in [3.63, 3.8) is 0 Å². The van der Waals surface area contributed by atoms with Crippen molar-refractivity contribution in [3.05, 3.63) is 23.7 Å². The SMILES string of the molecule is COCCCSCc1ccc(C(=O)O)o1. The predicted octanol–water partition coefficient (Wildman–Crippen LogP) is 2.25. The molecule has 0 atom stereocenters. The van der Waals surface area contributed by atoms with Crippen LogP contribution in [0.1, 0.15) is 22.7 Å². The van der Waals surface area contributed by atoms with Crippen molar-refractivity contribution in [2.24, 2.45) is 0 Å². The molecule has 0 amide bonds. The number of hydrogen-bond donors (Lipinski definition) is 1. The summed E-state index contributed by atoms with van der Waals surface area (Å²) in [5.74, 6) is 1.37. The molecule has 1 rings (SSSR count). The van der Waals surface area contributed by atoms with Gasteiger partial charge < -0.3 is 14.3 Å². The summed E-state index contributed by atoms with van der Waals surface area (Å²) in [4.78, 5) is 10.5. The fourth-order valence-corrected chi connectivity index (χ4v) is 1.87. The van der Waals surface area contributed by atoms with Crippen LogP contribution in [0.4, 0.5) is 0 Å². The minimum absolute atomic E-state index is 0.00231. The highest BCUT2D eigenvalue weighted by atomic mass is 32.2. The summed E-state index contributed by atoms with van der Waals surface area (Å²) >= 11 is 1.70. The van der Waals surface area contributed by atoms with E-state index < -0.39 is 5.97 Å². The summed E-state index contributed by atoms with van der Waals surface area (Å²) in [6.45, 7) is 0.755. The largest absolute Gasteiger partial charge is 0.475 e. The van der Waals surface area contributed by atoms with Gasteiger partial charge in [-0.05, 0) is 24.3 Å². The number of carboxylic acids is 1. The van der Waals surface area contributed by atoms with Crippen molar-refractivity contribution >= 4 is 17.7 Å². The Labute approximate surface area is 92.6 Å². The normalized spacial score (nSPS) is 10.5. The molecule has 5 heteroatoms. The first-order chi connectivity index (χ1) is 7.24. The molecule has 1 N–H and O–H groups in total. The average Bonchev–Trinajstić information content (AvgIpc) is 2.66. The van der Waals surface area contributed by atoms with E-state index in [0.29, 0.717) is 11.5 Å². The first-order valence-electron chi connectivity index (χ1n) is 4.62. The zero-order valence-corrected chi connectivity index (χ0v) is 9.38. The topological polar surface area (TPSA) is 59.7 Å². The second-order valence-corrected chi connectivity index (χ2v) is 4.08. The molecule has 0 fully saturated rings. The first-order valence-corrected chi connectivity index (χ1v) is 5.78. The molecule has 0 aromatic carbocycles. The fraction of sp³-hybridized carbons (Fsp3) is 0.500. The van der Waals surface area contributed by atoms with Crippen LogP contribution in [-0.4, -0.2) is 30.5 Å². The molecular weight excluding hydrogens is 216 g/mol. The number of thioether (sulfide) groups is 1. The van der Waals surface area contributed by atoms with Gasteiger partial charge in [-0.3, -0.25) is 0 Å². The maximum absolute atomic E-state index is 10.5. The molecule has 84 valence electrons. The minimum Gasteiger partial charge on any atom is -0.475 e. The van der Waals surface area contributed by atoms with Gasteiger partial charge in [0.05, 0.1) is 5.75 Å². The van der Waals surface area contributed by atoms with Gasteiger partial charge in [0.15, 0.2) is 0 Å². The Kier molecular flexibility index (Phi) is 5.28. The molecule has 0 bridgehead atoms. The molecule has 0 saturated carbocycles. The van der Waals surface area contributed by atoms with Crippen molar-refractivity contribution in [1.29, 1.82) is 0 Å². The molecule has 1 aromatic rings. The van der Waals surface area contributed by atoms with Gasteiger partial charge in [-0.25, -0.2) is 4.79 Å². The number of carboxylic acid groups (broad SMARTS) is 1. The standard InChI is InChI=1S/C10H14O4S/c1-13-5-2-6-15-7-8-3-4-9(14-8)10(11)12/h3-4H,2,5-7H2,1H3,(H,11,12). The second-order valence-electron chi connectivity index (χ2n) is 2.97. The van der Waals surface area contributed by atoms with E-state index in [4.69, 9.17) is 14.3 Å². The summed E-state index contributed by atoms with van der Waals surface area (Å²) in [5, 5.41) is 8.62. The lowest BCUT2D eigenvalue weighted by molar-refractivity contribution is 0.0661. The number of hydrogen-bond acceptors (Lipinski definition) is 4. The lowest BCUT2D eigenvalue weighted by Gasteiger charge is -1.98. The Hall–Kier alpha value is -0.940.